The number of hydrogen-bond acceptors (Lipinski definition) is 4. The highest BCUT2D eigenvalue weighted by molar-refractivity contribution is 6.19. The second kappa shape index (κ2) is 6.03. The first-order valence-corrected chi connectivity index (χ1v) is 6.50. The van der Waals surface area contributed by atoms with Crippen LogP contribution in [0.15, 0.2) is 11.3 Å². The summed E-state index contributed by atoms with van der Waals surface area (Å²) >= 11 is 0. The molecule has 102 valence electrons. The van der Waals surface area contributed by atoms with Crippen molar-refractivity contribution >= 4 is 11.8 Å². The van der Waals surface area contributed by atoms with Gasteiger partial charge in [-0.05, 0) is 24.7 Å². The molecular weight excluding hydrogens is 232 g/mol. The van der Waals surface area contributed by atoms with Crippen LogP contribution >= 0.6 is 0 Å². The quantitative estimate of drug-likeness (QED) is 0.584. The molecule has 0 saturated heterocycles. The van der Waals surface area contributed by atoms with Crippen molar-refractivity contribution in [2.24, 2.45) is 11.8 Å². The lowest BCUT2D eigenvalue weighted by atomic mass is 9.98. The molecule has 0 fully saturated rings. The Morgan fingerprint density at radius 1 is 1.28 bits per heavy atom. The molecule has 0 aliphatic carbocycles. The molecule has 1 aliphatic heterocycles. The number of carbonyl (C=O) groups excluding carboxylic acids is 2. The maximum atomic E-state index is 11.8. The molecule has 1 N–H and O–H groups in total. The second-order valence-corrected chi connectivity index (χ2v) is 5.65. The first-order valence-electron chi connectivity index (χ1n) is 6.50. The van der Waals surface area contributed by atoms with Gasteiger partial charge in [0.05, 0.1) is 0 Å². The summed E-state index contributed by atoms with van der Waals surface area (Å²) in [6, 6.07) is 0. The zero-order valence-electron chi connectivity index (χ0n) is 11.5. The third-order valence-electron chi connectivity index (χ3n) is 2.89. The molecule has 1 aliphatic rings. The summed E-state index contributed by atoms with van der Waals surface area (Å²) in [7, 11) is 0. The Kier molecular flexibility index (Phi) is 4.93. The maximum Gasteiger partial charge on any atom is 0.346 e. The van der Waals surface area contributed by atoms with Gasteiger partial charge in [0.1, 0.15) is 5.57 Å². The summed E-state index contributed by atoms with van der Waals surface area (Å²) in [5.74, 6) is -0.551. The molecular formula is C14H22O4. The number of aliphatic hydroxyl groups excluding tert-OH is 1. The predicted octanol–water partition coefficient (Wildman–Crippen LogP) is 2.78. The highest BCUT2D eigenvalue weighted by Gasteiger charge is 2.37. The van der Waals surface area contributed by atoms with E-state index in [-0.39, 0.29) is 29.5 Å². The molecule has 0 aromatic heterocycles. The van der Waals surface area contributed by atoms with Crippen LogP contribution in [0.2, 0.25) is 0 Å². The third-order valence-corrected chi connectivity index (χ3v) is 2.89. The molecule has 4 nitrogen and oxygen atoms in total. The van der Waals surface area contributed by atoms with Crippen LogP contribution in [0.25, 0.3) is 0 Å². The molecule has 1 heterocycles. The molecule has 1 rings (SSSR count). The summed E-state index contributed by atoms with van der Waals surface area (Å²) in [5, 5.41) is 9.93. The molecule has 0 aromatic carbocycles. The SMILES string of the molecule is CC(C)CCC1OC(=O)C(C(=O)CC(C)C)=C1O. The van der Waals surface area contributed by atoms with Crippen LogP contribution in [0.1, 0.15) is 47.0 Å². The Morgan fingerprint density at radius 2 is 1.89 bits per heavy atom. The van der Waals surface area contributed by atoms with Crippen molar-refractivity contribution < 1.29 is 19.4 Å². The minimum atomic E-state index is -0.674. The van der Waals surface area contributed by atoms with E-state index in [1.165, 1.54) is 0 Å². The first-order chi connectivity index (χ1) is 8.32. The first kappa shape index (κ1) is 14.7. The fourth-order valence-electron chi connectivity index (χ4n) is 1.92. The van der Waals surface area contributed by atoms with Crippen LogP contribution in [0, 0.1) is 11.8 Å². The average molecular weight is 254 g/mol. The van der Waals surface area contributed by atoms with Gasteiger partial charge in [0.25, 0.3) is 0 Å². The zero-order valence-corrected chi connectivity index (χ0v) is 11.5. The molecule has 0 amide bonds. The number of esters is 1. The fraction of sp³-hybridized carbons (Fsp3) is 0.714. The van der Waals surface area contributed by atoms with Gasteiger partial charge in [-0.2, -0.15) is 0 Å². The summed E-state index contributed by atoms with van der Waals surface area (Å²) in [6.45, 7) is 7.91. The van der Waals surface area contributed by atoms with Gasteiger partial charge in [-0.3, -0.25) is 4.79 Å². The minimum Gasteiger partial charge on any atom is -0.507 e. The van der Waals surface area contributed by atoms with Gasteiger partial charge in [-0.1, -0.05) is 27.7 Å². The number of ketones is 1. The van der Waals surface area contributed by atoms with Crippen molar-refractivity contribution in [1.29, 1.82) is 0 Å². The van der Waals surface area contributed by atoms with Crippen LogP contribution in [-0.2, 0) is 14.3 Å². The number of rotatable bonds is 6. The number of aliphatic hydroxyl groups is 1. The number of carbonyl (C=O) groups is 2. The molecule has 4 heteroatoms. The molecule has 1 unspecified atom stereocenters. The van der Waals surface area contributed by atoms with E-state index >= 15 is 0 Å². The number of hydrogen-bond donors (Lipinski definition) is 1. The van der Waals surface area contributed by atoms with E-state index in [1.807, 2.05) is 13.8 Å². The van der Waals surface area contributed by atoms with Gasteiger partial charge in [0.15, 0.2) is 17.6 Å². The zero-order chi connectivity index (χ0) is 13.9. The lowest BCUT2D eigenvalue weighted by Gasteiger charge is -2.11. The lowest BCUT2D eigenvalue weighted by molar-refractivity contribution is -0.141. The van der Waals surface area contributed by atoms with Gasteiger partial charge >= 0.3 is 5.97 Å². The van der Waals surface area contributed by atoms with Crippen molar-refractivity contribution in [3.63, 3.8) is 0 Å². The maximum absolute atomic E-state index is 11.8. The summed E-state index contributed by atoms with van der Waals surface area (Å²) < 4.78 is 5.06. The van der Waals surface area contributed by atoms with Crippen molar-refractivity contribution in [2.45, 2.75) is 53.1 Å². The third kappa shape index (κ3) is 3.59. The van der Waals surface area contributed by atoms with Crippen molar-refractivity contribution in [3.05, 3.63) is 11.3 Å². The lowest BCUT2D eigenvalue weighted by Crippen LogP contribution is -2.13. The Balaban J connectivity index is 2.76. The average Bonchev–Trinajstić information content (AvgIpc) is 2.49. The predicted molar refractivity (Wildman–Crippen MR) is 68.1 cm³/mol. The molecule has 0 saturated carbocycles. The van der Waals surface area contributed by atoms with Gasteiger partial charge < -0.3 is 9.84 Å². The van der Waals surface area contributed by atoms with Crippen molar-refractivity contribution in [2.75, 3.05) is 0 Å². The number of Topliss-reactive ketones (excluding diaryl/α,β-unsaturated/α-hetero) is 1. The molecule has 0 spiro atoms. The Bertz CT molecular complexity index is 366. The highest BCUT2D eigenvalue weighted by Crippen LogP contribution is 2.27. The summed E-state index contributed by atoms with van der Waals surface area (Å²) in [6.07, 6.45) is 1.03. The van der Waals surface area contributed by atoms with E-state index in [1.54, 1.807) is 0 Å². The molecule has 0 aromatic rings. The second-order valence-electron chi connectivity index (χ2n) is 5.65. The van der Waals surface area contributed by atoms with Crippen molar-refractivity contribution in [1.82, 2.24) is 0 Å². The summed E-state index contributed by atoms with van der Waals surface area (Å²) in [5.41, 5.74) is -0.141. The standard InChI is InChI=1S/C14H22O4/c1-8(2)5-6-11-13(16)12(14(17)18-11)10(15)7-9(3)4/h8-9,11,16H,5-7H2,1-4H3. The normalized spacial score (nSPS) is 19.9. The largest absolute Gasteiger partial charge is 0.507 e. The van der Waals surface area contributed by atoms with Crippen LogP contribution in [0.4, 0.5) is 0 Å². The Morgan fingerprint density at radius 3 is 2.39 bits per heavy atom. The smallest absolute Gasteiger partial charge is 0.346 e. The highest BCUT2D eigenvalue weighted by atomic mass is 16.6. The van der Waals surface area contributed by atoms with E-state index in [0.717, 1.165) is 6.42 Å². The minimum absolute atomic E-state index is 0.141. The van der Waals surface area contributed by atoms with E-state index in [4.69, 9.17) is 4.74 Å². The topological polar surface area (TPSA) is 63.6 Å². The summed E-state index contributed by atoms with van der Waals surface area (Å²) in [4.78, 5) is 23.4. The van der Waals surface area contributed by atoms with E-state index in [2.05, 4.69) is 13.8 Å². The molecule has 0 bridgehead atoms. The van der Waals surface area contributed by atoms with E-state index in [0.29, 0.717) is 12.3 Å². The van der Waals surface area contributed by atoms with Crippen LogP contribution in [-0.4, -0.2) is 23.0 Å². The fourth-order valence-corrected chi connectivity index (χ4v) is 1.92. The molecule has 0 radical (unpaired) electrons. The monoisotopic (exact) mass is 254 g/mol. The van der Waals surface area contributed by atoms with Crippen LogP contribution < -0.4 is 0 Å². The van der Waals surface area contributed by atoms with Gasteiger partial charge in [-0.15, -0.1) is 0 Å². The molecule has 18 heavy (non-hydrogen) atoms. The van der Waals surface area contributed by atoms with Crippen LogP contribution in [0.3, 0.4) is 0 Å². The van der Waals surface area contributed by atoms with Crippen molar-refractivity contribution in [3.8, 4) is 0 Å². The van der Waals surface area contributed by atoms with Gasteiger partial charge in [0.2, 0.25) is 0 Å². The van der Waals surface area contributed by atoms with E-state index in [9.17, 15) is 14.7 Å². The number of ether oxygens (including phenoxy) is 1. The van der Waals surface area contributed by atoms with Gasteiger partial charge in [0, 0.05) is 6.42 Å². The molecule has 1 atom stereocenters. The Hall–Kier alpha value is -1.32. The van der Waals surface area contributed by atoms with E-state index < -0.39 is 12.1 Å². The van der Waals surface area contributed by atoms with Crippen LogP contribution in [0.5, 0.6) is 0 Å². The Labute approximate surface area is 108 Å². The van der Waals surface area contributed by atoms with Gasteiger partial charge in [-0.25, -0.2) is 4.79 Å². The number of cyclic esters (lactones) is 1.